The highest BCUT2D eigenvalue weighted by atomic mass is 16.5. The summed E-state index contributed by atoms with van der Waals surface area (Å²) in [6.45, 7) is 0.107. The number of hydrogen-bond donors (Lipinski definition) is 1. The van der Waals surface area contributed by atoms with Crippen LogP contribution in [0.5, 0.6) is 11.6 Å². The van der Waals surface area contributed by atoms with Crippen LogP contribution in [0, 0.1) is 0 Å². The molecule has 156 valence electrons. The fourth-order valence-electron chi connectivity index (χ4n) is 2.57. The predicted octanol–water partition coefficient (Wildman–Crippen LogP) is 2.38. The van der Waals surface area contributed by atoms with E-state index < -0.39 is 0 Å². The quantitative estimate of drug-likeness (QED) is 0.645. The Hall–Kier alpha value is -3.88. The summed E-state index contributed by atoms with van der Waals surface area (Å²) in [5.41, 5.74) is 0.334. The first kappa shape index (κ1) is 20.8. The van der Waals surface area contributed by atoms with Crippen LogP contribution in [0.2, 0.25) is 0 Å². The second-order valence-corrected chi connectivity index (χ2v) is 6.94. The van der Waals surface area contributed by atoms with Crippen LogP contribution in [-0.2, 0) is 11.8 Å². The zero-order valence-electron chi connectivity index (χ0n) is 17.4. The van der Waals surface area contributed by atoms with E-state index in [1.807, 2.05) is 18.2 Å². The molecule has 30 heavy (non-hydrogen) atoms. The van der Waals surface area contributed by atoms with Crippen molar-refractivity contribution in [2.24, 2.45) is 7.05 Å². The van der Waals surface area contributed by atoms with Crippen molar-refractivity contribution in [3.8, 4) is 11.6 Å². The fourth-order valence-corrected chi connectivity index (χ4v) is 2.57. The fraction of sp³-hybridized carbons (Fsp3) is 0.238. The van der Waals surface area contributed by atoms with E-state index in [0.29, 0.717) is 22.9 Å². The van der Waals surface area contributed by atoms with E-state index in [9.17, 15) is 9.59 Å². The number of benzene rings is 1. The molecule has 0 aliphatic carbocycles. The SMILES string of the molecule is CN(C)C(=O)CN(C)c1cc(C(=O)Nc2ccn(C)n2)cc(Oc2ccccc2)n1. The molecule has 0 aliphatic heterocycles. The summed E-state index contributed by atoms with van der Waals surface area (Å²) in [7, 11) is 6.87. The first-order valence-corrected chi connectivity index (χ1v) is 9.29. The number of nitrogens with one attached hydrogen (secondary N) is 1. The lowest BCUT2D eigenvalue weighted by molar-refractivity contribution is -0.127. The van der Waals surface area contributed by atoms with Crippen molar-refractivity contribution in [3.63, 3.8) is 0 Å². The molecule has 2 amide bonds. The molecule has 3 rings (SSSR count). The van der Waals surface area contributed by atoms with Gasteiger partial charge in [-0.25, -0.2) is 0 Å². The van der Waals surface area contributed by atoms with Crippen molar-refractivity contribution in [3.05, 3.63) is 60.3 Å². The van der Waals surface area contributed by atoms with Gasteiger partial charge in [-0.05, 0) is 18.2 Å². The number of aromatic nitrogens is 3. The van der Waals surface area contributed by atoms with Crippen LogP contribution < -0.4 is 15.0 Å². The van der Waals surface area contributed by atoms with Gasteiger partial charge in [-0.3, -0.25) is 14.3 Å². The van der Waals surface area contributed by atoms with Crippen LogP contribution in [-0.4, -0.2) is 59.2 Å². The van der Waals surface area contributed by atoms with Gasteiger partial charge in [-0.15, -0.1) is 0 Å². The molecular formula is C21H24N6O3. The maximum atomic E-state index is 12.8. The van der Waals surface area contributed by atoms with Gasteiger partial charge in [0.05, 0.1) is 6.54 Å². The Balaban J connectivity index is 1.90. The van der Waals surface area contributed by atoms with Gasteiger partial charge in [-0.1, -0.05) is 18.2 Å². The number of pyridine rings is 1. The number of para-hydroxylation sites is 1. The molecule has 0 radical (unpaired) electrons. The van der Waals surface area contributed by atoms with Gasteiger partial charge >= 0.3 is 0 Å². The van der Waals surface area contributed by atoms with E-state index in [2.05, 4.69) is 15.4 Å². The van der Waals surface area contributed by atoms with Gasteiger partial charge in [-0.2, -0.15) is 10.1 Å². The van der Waals surface area contributed by atoms with Crippen LogP contribution in [0.25, 0.3) is 0 Å². The van der Waals surface area contributed by atoms with Gasteiger partial charge in [0.2, 0.25) is 11.8 Å². The lowest BCUT2D eigenvalue weighted by Gasteiger charge is -2.21. The van der Waals surface area contributed by atoms with Crippen molar-refractivity contribution in [2.75, 3.05) is 37.9 Å². The second kappa shape index (κ2) is 9.08. The molecular weight excluding hydrogens is 384 g/mol. The van der Waals surface area contributed by atoms with Crippen molar-refractivity contribution in [2.45, 2.75) is 0 Å². The van der Waals surface area contributed by atoms with Gasteiger partial charge in [0.1, 0.15) is 11.6 Å². The molecule has 0 aliphatic rings. The van der Waals surface area contributed by atoms with Gasteiger partial charge < -0.3 is 19.9 Å². The summed E-state index contributed by atoms with van der Waals surface area (Å²) >= 11 is 0. The minimum atomic E-state index is -0.359. The molecule has 9 nitrogen and oxygen atoms in total. The molecule has 1 N–H and O–H groups in total. The Morgan fingerprint density at radius 1 is 1.10 bits per heavy atom. The molecule has 0 spiro atoms. The molecule has 1 aromatic carbocycles. The summed E-state index contributed by atoms with van der Waals surface area (Å²) in [6, 6.07) is 14.0. The molecule has 0 bridgehead atoms. The first-order valence-electron chi connectivity index (χ1n) is 9.29. The molecule has 0 unspecified atom stereocenters. The highest BCUT2D eigenvalue weighted by Crippen LogP contribution is 2.24. The van der Waals surface area contributed by atoms with Crippen molar-refractivity contribution < 1.29 is 14.3 Å². The number of rotatable bonds is 7. The minimum Gasteiger partial charge on any atom is -0.439 e. The molecule has 3 aromatic rings. The molecule has 0 saturated heterocycles. The molecule has 0 saturated carbocycles. The summed E-state index contributed by atoms with van der Waals surface area (Å²) < 4.78 is 7.43. The Kier molecular flexibility index (Phi) is 6.31. The standard InChI is InChI=1S/C21H24N6O3/c1-25(2)20(28)14-26(3)18-12-15(21(29)22-17-10-11-27(4)24-17)13-19(23-18)30-16-8-6-5-7-9-16/h5-13H,14H2,1-4H3,(H,22,24,29). The number of ether oxygens (including phenoxy) is 1. The lowest BCUT2D eigenvalue weighted by atomic mass is 10.2. The molecule has 0 fully saturated rings. The zero-order valence-corrected chi connectivity index (χ0v) is 17.4. The minimum absolute atomic E-state index is 0.0897. The summed E-state index contributed by atoms with van der Waals surface area (Å²) in [4.78, 5) is 32.5. The summed E-state index contributed by atoms with van der Waals surface area (Å²) in [5, 5.41) is 6.91. The number of anilines is 2. The lowest BCUT2D eigenvalue weighted by Crippen LogP contribution is -2.34. The summed E-state index contributed by atoms with van der Waals surface area (Å²) in [6.07, 6.45) is 1.73. The van der Waals surface area contributed by atoms with Gasteiger partial charge in [0.15, 0.2) is 5.82 Å². The monoisotopic (exact) mass is 408 g/mol. The Labute approximate surface area is 174 Å². The highest BCUT2D eigenvalue weighted by Gasteiger charge is 2.17. The first-order chi connectivity index (χ1) is 14.3. The largest absolute Gasteiger partial charge is 0.439 e. The number of nitrogens with zero attached hydrogens (tertiary/aromatic N) is 5. The third-order valence-electron chi connectivity index (χ3n) is 4.23. The third kappa shape index (κ3) is 5.34. The molecule has 9 heteroatoms. The number of hydrogen-bond acceptors (Lipinski definition) is 6. The maximum Gasteiger partial charge on any atom is 0.257 e. The van der Waals surface area contributed by atoms with E-state index in [4.69, 9.17) is 4.74 Å². The Bertz CT molecular complexity index is 1030. The number of amides is 2. The molecule has 2 aromatic heterocycles. The highest BCUT2D eigenvalue weighted by molar-refractivity contribution is 6.04. The number of aryl methyl sites for hydroxylation is 1. The van der Waals surface area contributed by atoms with Gasteiger partial charge in [0, 0.05) is 52.1 Å². The maximum absolute atomic E-state index is 12.8. The molecule has 2 heterocycles. The van der Waals surface area contributed by atoms with E-state index >= 15 is 0 Å². The van der Waals surface area contributed by atoms with Crippen LogP contribution >= 0.6 is 0 Å². The average Bonchev–Trinajstić information content (AvgIpc) is 3.12. The van der Waals surface area contributed by atoms with E-state index in [0.717, 1.165) is 0 Å². The zero-order chi connectivity index (χ0) is 21.7. The van der Waals surface area contributed by atoms with Crippen molar-refractivity contribution in [1.29, 1.82) is 0 Å². The van der Waals surface area contributed by atoms with E-state index in [1.54, 1.807) is 74.3 Å². The number of likely N-dealkylation sites (N-methyl/N-ethyl adjacent to an activating group) is 2. The Morgan fingerprint density at radius 2 is 1.83 bits per heavy atom. The summed E-state index contributed by atoms with van der Waals surface area (Å²) in [5.74, 6) is 1.25. The number of carbonyl (C=O) groups is 2. The topological polar surface area (TPSA) is 92.6 Å². The van der Waals surface area contributed by atoms with Crippen LogP contribution in [0.3, 0.4) is 0 Å². The smallest absolute Gasteiger partial charge is 0.257 e. The van der Waals surface area contributed by atoms with Crippen LogP contribution in [0.15, 0.2) is 54.7 Å². The van der Waals surface area contributed by atoms with E-state index in [1.165, 1.54) is 4.90 Å². The number of carbonyl (C=O) groups excluding carboxylic acids is 2. The molecule has 0 atom stereocenters. The predicted molar refractivity (Wildman–Crippen MR) is 114 cm³/mol. The van der Waals surface area contributed by atoms with Crippen LogP contribution in [0.1, 0.15) is 10.4 Å². The van der Waals surface area contributed by atoms with Crippen molar-refractivity contribution in [1.82, 2.24) is 19.7 Å². The Morgan fingerprint density at radius 3 is 2.47 bits per heavy atom. The van der Waals surface area contributed by atoms with E-state index in [-0.39, 0.29) is 24.2 Å². The average molecular weight is 408 g/mol. The van der Waals surface area contributed by atoms with Gasteiger partial charge in [0.25, 0.3) is 5.91 Å². The van der Waals surface area contributed by atoms with Crippen molar-refractivity contribution >= 4 is 23.5 Å². The van der Waals surface area contributed by atoms with Crippen LogP contribution in [0.4, 0.5) is 11.6 Å². The third-order valence-corrected chi connectivity index (χ3v) is 4.23. The second-order valence-electron chi connectivity index (χ2n) is 6.94. The normalized spacial score (nSPS) is 10.4.